The molecule has 0 unspecified atom stereocenters. The van der Waals surface area contributed by atoms with Gasteiger partial charge in [0.05, 0.1) is 25.3 Å². The number of methoxy groups -OCH3 is 2. The number of aryl methyl sites for hydroxylation is 1. The summed E-state index contributed by atoms with van der Waals surface area (Å²) in [6.07, 6.45) is 5.20. The van der Waals surface area contributed by atoms with Gasteiger partial charge in [-0.25, -0.2) is 0 Å². The number of piperidine rings is 1. The van der Waals surface area contributed by atoms with E-state index in [1.807, 2.05) is 19.1 Å². The van der Waals surface area contributed by atoms with Crippen molar-refractivity contribution in [1.82, 2.24) is 4.90 Å². The number of para-hydroxylation sites is 1. The van der Waals surface area contributed by atoms with Gasteiger partial charge in [0.2, 0.25) is 5.78 Å². The number of phenols is 1. The van der Waals surface area contributed by atoms with Gasteiger partial charge in [-0.05, 0) is 56.6 Å². The second-order valence-corrected chi connectivity index (χ2v) is 7.75. The van der Waals surface area contributed by atoms with Crippen LogP contribution in [0.2, 0.25) is 0 Å². The zero-order chi connectivity index (χ0) is 21.3. The Morgan fingerprint density at radius 1 is 1.17 bits per heavy atom. The molecule has 0 saturated carbocycles. The molecule has 0 spiro atoms. The number of ether oxygens (including phenoxy) is 3. The number of carbonyl (C=O) groups is 1. The van der Waals surface area contributed by atoms with E-state index in [2.05, 4.69) is 4.90 Å². The third-order valence-corrected chi connectivity index (χ3v) is 5.77. The summed E-state index contributed by atoms with van der Waals surface area (Å²) < 4.78 is 16.9. The van der Waals surface area contributed by atoms with Crippen molar-refractivity contribution in [3.05, 3.63) is 52.3 Å². The molecule has 2 aromatic rings. The maximum atomic E-state index is 13.2. The number of rotatable bonds is 5. The van der Waals surface area contributed by atoms with E-state index in [1.165, 1.54) is 6.42 Å². The van der Waals surface area contributed by atoms with Crippen LogP contribution in [0.1, 0.15) is 46.3 Å². The molecule has 2 heterocycles. The van der Waals surface area contributed by atoms with Gasteiger partial charge in [-0.3, -0.25) is 9.69 Å². The molecule has 2 aliphatic heterocycles. The Morgan fingerprint density at radius 2 is 1.93 bits per heavy atom. The van der Waals surface area contributed by atoms with Gasteiger partial charge in [0.1, 0.15) is 11.5 Å². The van der Waals surface area contributed by atoms with Crippen LogP contribution in [0.3, 0.4) is 0 Å². The quantitative estimate of drug-likeness (QED) is 0.742. The van der Waals surface area contributed by atoms with Gasteiger partial charge in [0.25, 0.3) is 0 Å². The van der Waals surface area contributed by atoms with Gasteiger partial charge in [0.15, 0.2) is 17.3 Å². The molecule has 6 nitrogen and oxygen atoms in total. The van der Waals surface area contributed by atoms with Gasteiger partial charge in [-0.2, -0.15) is 0 Å². The number of likely N-dealkylation sites (tertiary alicyclic amines) is 1. The van der Waals surface area contributed by atoms with Crippen LogP contribution in [0.4, 0.5) is 0 Å². The molecule has 158 valence electrons. The minimum Gasteiger partial charge on any atom is -0.507 e. The molecular weight excluding hydrogens is 382 g/mol. The number of nitrogens with zero attached hydrogens (tertiary/aromatic N) is 1. The van der Waals surface area contributed by atoms with Crippen LogP contribution in [-0.4, -0.2) is 43.1 Å². The standard InChI is InChI=1S/C24H27NO5/c1-15-12-18(26)17(14-25-10-5-4-6-11-25)24-21(15)22(27)20(30-24)13-16-8-7-9-19(28-2)23(16)29-3/h7-9,12-13,26H,4-6,10-11,14H2,1-3H3/b20-13-. The van der Waals surface area contributed by atoms with E-state index >= 15 is 0 Å². The average Bonchev–Trinajstić information content (AvgIpc) is 3.08. The summed E-state index contributed by atoms with van der Waals surface area (Å²) in [6.45, 7) is 4.36. The number of hydrogen-bond acceptors (Lipinski definition) is 6. The molecule has 1 saturated heterocycles. The van der Waals surface area contributed by atoms with Crippen molar-refractivity contribution >= 4 is 11.9 Å². The van der Waals surface area contributed by atoms with Gasteiger partial charge in [-0.15, -0.1) is 0 Å². The van der Waals surface area contributed by atoms with Crippen molar-refractivity contribution in [2.24, 2.45) is 0 Å². The topological polar surface area (TPSA) is 68.2 Å². The van der Waals surface area contributed by atoms with E-state index in [9.17, 15) is 9.90 Å². The molecule has 2 aliphatic rings. The lowest BCUT2D eigenvalue weighted by Gasteiger charge is -2.27. The summed E-state index contributed by atoms with van der Waals surface area (Å²) >= 11 is 0. The summed E-state index contributed by atoms with van der Waals surface area (Å²) in [5, 5.41) is 10.6. The monoisotopic (exact) mass is 409 g/mol. The first-order chi connectivity index (χ1) is 14.5. The number of fused-ring (bicyclic) bond motifs is 1. The summed E-state index contributed by atoms with van der Waals surface area (Å²) in [7, 11) is 3.13. The molecule has 6 heteroatoms. The minimum absolute atomic E-state index is 0.171. The van der Waals surface area contributed by atoms with Crippen molar-refractivity contribution in [2.45, 2.75) is 32.7 Å². The maximum Gasteiger partial charge on any atom is 0.232 e. The number of aromatic hydroxyl groups is 1. The Bertz CT molecular complexity index is 1010. The van der Waals surface area contributed by atoms with E-state index in [1.54, 1.807) is 32.4 Å². The van der Waals surface area contributed by atoms with Gasteiger partial charge < -0.3 is 19.3 Å². The zero-order valence-electron chi connectivity index (χ0n) is 17.7. The van der Waals surface area contributed by atoms with Crippen LogP contribution >= 0.6 is 0 Å². The number of phenolic OH excluding ortho intramolecular Hbond substituents is 1. The van der Waals surface area contributed by atoms with Crippen molar-refractivity contribution in [1.29, 1.82) is 0 Å². The Kier molecular flexibility index (Phi) is 5.68. The fraction of sp³-hybridized carbons (Fsp3) is 0.375. The first-order valence-electron chi connectivity index (χ1n) is 10.3. The van der Waals surface area contributed by atoms with Crippen LogP contribution in [-0.2, 0) is 6.54 Å². The van der Waals surface area contributed by atoms with Crippen molar-refractivity contribution in [3.63, 3.8) is 0 Å². The number of hydrogen-bond donors (Lipinski definition) is 1. The molecule has 0 aliphatic carbocycles. The van der Waals surface area contributed by atoms with E-state index in [-0.39, 0.29) is 17.3 Å². The van der Waals surface area contributed by atoms with Gasteiger partial charge in [0, 0.05) is 12.1 Å². The molecule has 0 bridgehead atoms. The third-order valence-electron chi connectivity index (χ3n) is 5.77. The van der Waals surface area contributed by atoms with E-state index in [4.69, 9.17) is 14.2 Å². The fourth-order valence-corrected chi connectivity index (χ4v) is 4.24. The largest absolute Gasteiger partial charge is 0.507 e. The Balaban J connectivity index is 1.73. The number of benzene rings is 2. The first kappa shape index (κ1) is 20.3. The lowest BCUT2D eigenvalue weighted by molar-refractivity contribution is 0.101. The molecule has 0 atom stereocenters. The Labute approximate surface area is 176 Å². The highest BCUT2D eigenvalue weighted by Crippen LogP contribution is 2.43. The highest BCUT2D eigenvalue weighted by Gasteiger charge is 2.34. The van der Waals surface area contributed by atoms with Crippen LogP contribution in [0, 0.1) is 6.92 Å². The van der Waals surface area contributed by atoms with Crippen molar-refractivity contribution in [3.8, 4) is 23.0 Å². The smallest absolute Gasteiger partial charge is 0.232 e. The number of allylic oxidation sites excluding steroid dienone is 1. The third kappa shape index (κ3) is 3.63. The molecule has 30 heavy (non-hydrogen) atoms. The minimum atomic E-state index is -0.188. The van der Waals surface area contributed by atoms with Crippen LogP contribution in [0.5, 0.6) is 23.0 Å². The molecule has 1 N–H and O–H groups in total. The SMILES string of the molecule is COc1cccc(/C=C2\Oc3c(CN4CCCCC4)c(O)cc(C)c3C2=O)c1OC. The number of carbonyl (C=O) groups excluding carboxylic acids is 1. The van der Waals surface area contributed by atoms with Crippen LogP contribution in [0.15, 0.2) is 30.0 Å². The maximum absolute atomic E-state index is 13.2. The second-order valence-electron chi connectivity index (χ2n) is 7.75. The second kappa shape index (κ2) is 8.40. The summed E-state index contributed by atoms with van der Waals surface area (Å²) in [4.78, 5) is 15.5. The van der Waals surface area contributed by atoms with E-state index < -0.39 is 0 Å². The van der Waals surface area contributed by atoms with Gasteiger partial charge >= 0.3 is 0 Å². The Morgan fingerprint density at radius 3 is 2.63 bits per heavy atom. The van der Waals surface area contributed by atoms with Crippen LogP contribution in [0.25, 0.3) is 6.08 Å². The predicted molar refractivity (Wildman–Crippen MR) is 114 cm³/mol. The van der Waals surface area contributed by atoms with E-state index in [0.29, 0.717) is 46.0 Å². The van der Waals surface area contributed by atoms with Crippen molar-refractivity contribution < 1.29 is 24.1 Å². The number of ketones is 1. The van der Waals surface area contributed by atoms with Gasteiger partial charge in [-0.1, -0.05) is 18.6 Å². The lowest BCUT2D eigenvalue weighted by Crippen LogP contribution is -2.29. The predicted octanol–water partition coefficient (Wildman–Crippen LogP) is 4.32. The summed E-state index contributed by atoms with van der Waals surface area (Å²) in [6, 6.07) is 7.13. The summed E-state index contributed by atoms with van der Waals surface area (Å²) in [5.41, 5.74) is 2.59. The summed E-state index contributed by atoms with van der Waals surface area (Å²) in [5.74, 6) is 1.78. The van der Waals surface area contributed by atoms with Crippen molar-refractivity contribution in [2.75, 3.05) is 27.3 Å². The average molecular weight is 409 g/mol. The Hall–Kier alpha value is -2.99. The normalized spacial score (nSPS) is 17.7. The lowest BCUT2D eigenvalue weighted by atomic mass is 9.98. The molecule has 0 aromatic heterocycles. The van der Waals surface area contributed by atoms with E-state index in [0.717, 1.165) is 25.9 Å². The molecule has 2 aromatic carbocycles. The highest BCUT2D eigenvalue weighted by molar-refractivity contribution is 6.16. The first-order valence-corrected chi connectivity index (χ1v) is 10.3. The van der Waals surface area contributed by atoms with Crippen LogP contribution < -0.4 is 14.2 Å². The fourth-order valence-electron chi connectivity index (χ4n) is 4.24. The zero-order valence-corrected chi connectivity index (χ0v) is 17.7. The molecule has 0 radical (unpaired) electrons. The molecule has 4 rings (SSSR count). The molecular formula is C24H27NO5. The molecule has 1 fully saturated rings. The number of Topliss-reactive ketones (excluding diaryl/α,β-unsaturated/α-hetero) is 1. The molecule has 0 amide bonds. The highest BCUT2D eigenvalue weighted by atomic mass is 16.5.